The summed E-state index contributed by atoms with van der Waals surface area (Å²) in [7, 11) is -1.02. The van der Waals surface area contributed by atoms with E-state index in [1.165, 1.54) is 31.1 Å². The van der Waals surface area contributed by atoms with Crippen molar-refractivity contribution in [2.45, 2.75) is 21.7 Å². The predicted molar refractivity (Wildman–Crippen MR) is 112 cm³/mol. The van der Waals surface area contributed by atoms with Gasteiger partial charge in [0.2, 0.25) is 14.3 Å². The molecular formula is C18H19BrCl2N2O3S. The van der Waals surface area contributed by atoms with Crippen molar-refractivity contribution in [3.63, 3.8) is 0 Å². The molecule has 0 aromatic heterocycles. The third-order valence-electron chi connectivity index (χ3n) is 3.94. The third kappa shape index (κ3) is 5.03. The predicted octanol–water partition coefficient (Wildman–Crippen LogP) is 3.98. The lowest BCUT2D eigenvalue weighted by atomic mass is 10.2. The first-order valence-corrected chi connectivity index (χ1v) is 11.0. The van der Waals surface area contributed by atoms with E-state index >= 15 is 0 Å². The van der Waals surface area contributed by atoms with Gasteiger partial charge in [-0.25, -0.2) is 8.42 Å². The molecule has 0 spiro atoms. The van der Waals surface area contributed by atoms with E-state index in [0.717, 1.165) is 10.0 Å². The molecule has 1 unspecified atom stereocenters. The third-order valence-corrected chi connectivity index (χ3v) is 7.85. The Labute approximate surface area is 177 Å². The fourth-order valence-corrected chi connectivity index (χ4v) is 4.96. The fourth-order valence-electron chi connectivity index (χ4n) is 2.25. The molecule has 9 heteroatoms. The van der Waals surface area contributed by atoms with Crippen molar-refractivity contribution in [1.82, 2.24) is 10.2 Å². The topological polar surface area (TPSA) is 66.5 Å². The zero-order valence-electron chi connectivity index (χ0n) is 14.9. The van der Waals surface area contributed by atoms with Crippen molar-refractivity contribution in [3.8, 4) is 0 Å². The Morgan fingerprint density at radius 2 is 1.59 bits per heavy atom. The van der Waals surface area contributed by atoms with Crippen molar-refractivity contribution in [3.05, 3.63) is 64.1 Å². The number of aryl methyl sites for hydroxylation is 1. The number of hydrogen-bond donors (Lipinski definition) is 1. The number of sulfone groups is 1. The Hall–Kier alpha value is -1.12. The van der Waals surface area contributed by atoms with Crippen LogP contribution in [0.15, 0.2) is 57.9 Å². The van der Waals surface area contributed by atoms with Gasteiger partial charge in [-0.15, -0.1) is 0 Å². The van der Waals surface area contributed by atoms with E-state index in [4.69, 9.17) is 23.2 Å². The van der Waals surface area contributed by atoms with Crippen LogP contribution in [0.25, 0.3) is 0 Å². The maximum absolute atomic E-state index is 13.2. The number of likely N-dealkylation sites (N-methyl/N-ethyl adjacent to an activating group) is 1. The summed E-state index contributed by atoms with van der Waals surface area (Å²) in [6.07, 6.45) is 0. The van der Waals surface area contributed by atoms with Crippen LogP contribution in [-0.2, 0) is 9.84 Å². The van der Waals surface area contributed by atoms with E-state index in [9.17, 15) is 13.2 Å². The van der Waals surface area contributed by atoms with Crippen LogP contribution in [0.5, 0.6) is 0 Å². The molecule has 2 aromatic rings. The number of carbonyl (C=O) groups is 1. The van der Waals surface area contributed by atoms with E-state index in [0.29, 0.717) is 0 Å². The van der Waals surface area contributed by atoms with E-state index in [1.807, 2.05) is 6.92 Å². The molecule has 0 heterocycles. The van der Waals surface area contributed by atoms with Crippen molar-refractivity contribution in [2.75, 3.05) is 14.1 Å². The Balaban J connectivity index is 2.47. The molecule has 2 rings (SSSR count). The standard InChI is InChI=1S/C18H19BrCl2N2O3S/c1-12-4-10-15(11-5-12)27(25,26)17(18(20,21)23(2)3)22-16(24)13-6-8-14(19)9-7-13/h4-11,17H,1-3H3,(H,22,24). The molecule has 0 radical (unpaired) electrons. The van der Waals surface area contributed by atoms with Crippen molar-refractivity contribution >= 4 is 54.9 Å². The molecule has 0 aliphatic heterocycles. The molecule has 1 atom stereocenters. The van der Waals surface area contributed by atoms with Crippen LogP contribution in [0, 0.1) is 6.92 Å². The highest BCUT2D eigenvalue weighted by molar-refractivity contribution is 9.10. The number of carbonyl (C=O) groups excluding carboxylic acids is 1. The van der Waals surface area contributed by atoms with Gasteiger partial charge in [0.1, 0.15) is 0 Å². The minimum Gasteiger partial charge on any atom is -0.332 e. The van der Waals surface area contributed by atoms with Crippen molar-refractivity contribution in [1.29, 1.82) is 0 Å². The number of alkyl halides is 2. The average molecular weight is 494 g/mol. The molecule has 0 saturated heterocycles. The Morgan fingerprint density at radius 3 is 2.07 bits per heavy atom. The molecule has 0 aliphatic carbocycles. The van der Waals surface area contributed by atoms with Crippen LogP contribution >= 0.6 is 39.1 Å². The molecule has 0 aliphatic rings. The van der Waals surface area contributed by atoms with Gasteiger partial charge in [0, 0.05) is 10.0 Å². The first-order valence-electron chi connectivity index (χ1n) is 7.88. The minimum absolute atomic E-state index is 0.0155. The van der Waals surface area contributed by atoms with Crippen LogP contribution in [0.1, 0.15) is 15.9 Å². The summed E-state index contributed by atoms with van der Waals surface area (Å²) >= 11 is 16.0. The minimum atomic E-state index is -4.08. The summed E-state index contributed by atoms with van der Waals surface area (Å²) in [6.45, 7) is 1.84. The maximum atomic E-state index is 13.2. The molecule has 2 aromatic carbocycles. The molecule has 27 heavy (non-hydrogen) atoms. The lowest BCUT2D eigenvalue weighted by Crippen LogP contribution is -2.57. The SMILES string of the molecule is Cc1ccc(S(=O)(=O)C(NC(=O)c2ccc(Br)cc2)C(Cl)(Cl)N(C)C)cc1. The normalized spacial score (nSPS) is 13.4. The molecule has 1 amide bonds. The number of hydrogen-bond acceptors (Lipinski definition) is 4. The number of nitrogens with one attached hydrogen (secondary N) is 1. The molecule has 0 saturated carbocycles. The fraction of sp³-hybridized carbons (Fsp3) is 0.278. The van der Waals surface area contributed by atoms with Crippen molar-refractivity contribution < 1.29 is 13.2 Å². The van der Waals surface area contributed by atoms with Crippen LogP contribution in [0.4, 0.5) is 0 Å². The summed E-state index contributed by atoms with van der Waals surface area (Å²) in [5, 5.41) is 0.885. The number of halogens is 3. The Kier molecular flexibility index (Phi) is 6.97. The van der Waals surface area contributed by atoms with Gasteiger partial charge >= 0.3 is 0 Å². The van der Waals surface area contributed by atoms with Gasteiger partial charge in [-0.1, -0.05) is 56.8 Å². The first-order chi connectivity index (χ1) is 12.5. The molecule has 1 N–H and O–H groups in total. The lowest BCUT2D eigenvalue weighted by Gasteiger charge is -2.35. The smallest absolute Gasteiger partial charge is 0.252 e. The summed E-state index contributed by atoms with van der Waals surface area (Å²) in [5.41, 5.74) is 1.19. The highest BCUT2D eigenvalue weighted by Crippen LogP contribution is 2.34. The zero-order chi connectivity index (χ0) is 20.4. The van der Waals surface area contributed by atoms with Gasteiger partial charge in [0.25, 0.3) is 5.91 Å². The van der Waals surface area contributed by atoms with E-state index < -0.39 is 25.6 Å². The zero-order valence-corrected chi connectivity index (χ0v) is 18.8. The number of rotatable bonds is 6. The summed E-state index contributed by atoms with van der Waals surface area (Å²) in [5.74, 6) is -0.601. The number of amides is 1. The first kappa shape index (κ1) is 22.2. The van der Waals surface area contributed by atoms with E-state index in [1.54, 1.807) is 36.4 Å². The summed E-state index contributed by atoms with van der Waals surface area (Å²) < 4.78 is 25.3. The molecular weight excluding hydrogens is 475 g/mol. The maximum Gasteiger partial charge on any atom is 0.252 e. The van der Waals surface area contributed by atoms with Crippen LogP contribution in [-0.4, -0.2) is 43.2 Å². The second-order valence-corrected chi connectivity index (χ2v) is 10.5. The Morgan fingerprint density at radius 1 is 1.07 bits per heavy atom. The lowest BCUT2D eigenvalue weighted by molar-refractivity contribution is 0.0936. The van der Waals surface area contributed by atoms with Gasteiger partial charge in [-0.05, 0) is 57.4 Å². The number of nitrogens with zero attached hydrogens (tertiary/aromatic N) is 1. The van der Waals surface area contributed by atoms with E-state index in [-0.39, 0.29) is 10.5 Å². The van der Waals surface area contributed by atoms with E-state index in [2.05, 4.69) is 21.2 Å². The monoisotopic (exact) mass is 492 g/mol. The van der Waals surface area contributed by atoms with Crippen LogP contribution in [0.3, 0.4) is 0 Å². The highest BCUT2D eigenvalue weighted by atomic mass is 79.9. The molecule has 5 nitrogen and oxygen atoms in total. The largest absolute Gasteiger partial charge is 0.332 e. The van der Waals surface area contributed by atoms with Gasteiger partial charge in [-0.3, -0.25) is 9.69 Å². The quantitative estimate of drug-likeness (QED) is 0.488. The molecule has 0 bridgehead atoms. The second-order valence-electron chi connectivity index (χ2n) is 6.20. The van der Waals surface area contributed by atoms with Crippen LogP contribution in [0.2, 0.25) is 0 Å². The van der Waals surface area contributed by atoms with Gasteiger partial charge in [0.05, 0.1) is 4.90 Å². The summed E-state index contributed by atoms with van der Waals surface area (Å²) in [4.78, 5) is 14.0. The van der Waals surface area contributed by atoms with Gasteiger partial charge in [-0.2, -0.15) is 0 Å². The summed E-state index contributed by atoms with van der Waals surface area (Å²) in [6, 6.07) is 12.7. The number of benzene rings is 2. The second kappa shape index (κ2) is 8.49. The molecule has 0 fully saturated rings. The Bertz CT molecular complexity index is 915. The average Bonchev–Trinajstić information content (AvgIpc) is 2.60. The molecule has 146 valence electrons. The van der Waals surface area contributed by atoms with Crippen molar-refractivity contribution in [2.24, 2.45) is 0 Å². The highest BCUT2D eigenvalue weighted by Gasteiger charge is 2.47. The van der Waals surface area contributed by atoms with Crippen LogP contribution < -0.4 is 5.32 Å². The van der Waals surface area contributed by atoms with Gasteiger partial charge < -0.3 is 5.32 Å². The van der Waals surface area contributed by atoms with Gasteiger partial charge in [0.15, 0.2) is 5.37 Å².